The number of hydrogen-bond acceptors (Lipinski definition) is 2. The summed E-state index contributed by atoms with van der Waals surface area (Å²) in [5.41, 5.74) is 0.845. The predicted molar refractivity (Wildman–Crippen MR) is 25.4 cm³/mol. The Morgan fingerprint density at radius 2 is 3.14 bits per heavy atom. The van der Waals surface area contributed by atoms with Crippen LogP contribution in [0.15, 0.2) is 11.3 Å². The van der Waals surface area contributed by atoms with Gasteiger partial charge in [-0.25, -0.2) is 0 Å². The maximum atomic E-state index is 9.18. The molecule has 1 heterocycles. The van der Waals surface area contributed by atoms with Crippen molar-refractivity contribution in [3.8, 4) is 0 Å². The molecule has 0 spiro atoms. The third kappa shape index (κ3) is 0.370. The van der Waals surface area contributed by atoms with E-state index in [9.17, 15) is 5.11 Å². The topological polar surface area (TPSA) is 32.3 Å². The molecule has 0 bridgehead atoms. The number of allylic oxidation sites excluding steroid dienone is 1. The molecule has 38 valence electrons. The molecule has 0 aromatic rings. The van der Waals surface area contributed by atoms with Gasteiger partial charge in [0.1, 0.15) is 6.20 Å². The summed E-state index contributed by atoms with van der Waals surface area (Å²) in [4.78, 5) is 0. The fraction of sp³-hybridized carbons (Fsp3) is 0.600. The lowest BCUT2D eigenvalue weighted by atomic mass is 10.3. The summed E-state index contributed by atoms with van der Waals surface area (Å²) in [7, 11) is 0. The van der Waals surface area contributed by atoms with Crippen molar-refractivity contribution in [3.63, 3.8) is 0 Å². The Labute approximate surface area is 47.5 Å². The lowest BCUT2D eigenvalue weighted by Crippen LogP contribution is -2.21. The molecule has 0 aromatic heterocycles. The second-order valence-electron chi connectivity index (χ2n) is 1.66. The average Bonchev–Trinajstić information content (AvgIpc) is 2.59. The smallest absolute Gasteiger partial charge is 0.162 e. The highest BCUT2D eigenvalue weighted by Crippen LogP contribution is 2.37. The van der Waals surface area contributed by atoms with Crippen molar-refractivity contribution in [2.24, 2.45) is 0 Å². The van der Waals surface area contributed by atoms with Crippen LogP contribution in [0.5, 0.6) is 0 Å². The Morgan fingerprint density at radius 1 is 2.29 bits per heavy atom. The fourth-order valence-corrected chi connectivity index (χ4v) is 0.637. The Bertz CT molecular complexity index is 259. The van der Waals surface area contributed by atoms with E-state index in [-0.39, 0.29) is 0 Å². The van der Waals surface area contributed by atoms with Crippen LogP contribution in [-0.4, -0.2) is 11.3 Å². The standard InChI is InChI=1S/C5H7NO/c7-5-2-3-1-4(3)6-5/h5-7H,1-2H2/i2D2,5D/hD. The van der Waals surface area contributed by atoms with Crippen LogP contribution in [0.4, 0.5) is 0 Å². The SMILES string of the molecule is [2H]N1C2=C(C2)C([2H])([2H])C1([2H])O. The van der Waals surface area contributed by atoms with Gasteiger partial charge in [-0.05, 0) is 5.57 Å². The number of hydrogen-bond donors (Lipinski definition) is 2. The Hall–Kier alpha value is -0.500. The van der Waals surface area contributed by atoms with Crippen molar-refractivity contribution in [3.05, 3.63) is 11.3 Å². The van der Waals surface area contributed by atoms with E-state index >= 15 is 0 Å². The number of aliphatic hydroxyl groups is 1. The highest BCUT2D eigenvalue weighted by molar-refractivity contribution is 5.37. The molecule has 7 heavy (non-hydrogen) atoms. The number of piperidine rings is 1. The van der Waals surface area contributed by atoms with E-state index in [2.05, 4.69) is 0 Å². The van der Waals surface area contributed by atoms with Gasteiger partial charge in [0.15, 0.2) is 1.41 Å². The third-order valence-electron chi connectivity index (χ3n) is 1.07. The highest BCUT2D eigenvalue weighted by Gasteiger charge is 2.31. The first-order valence-corrected chi connectivity index (χ1v) is 2.13. The van der Waals surface area contributed by atoms with E-state index in [1.165, 1.54) is 0 Å². The molecule has 2 N–H and O–H groups in total. The van der Waals surface area contributed by atoms with Crippen molar-refractivity contribution < 1.29 is 10.6 Å². The zero-order valence-corrected chi connectivity index (χ0v) is 3.60. The van der Waals surface area contributed by atoms with Crippen LogP contribution in [0.3, 0.4) is 0 Å². The van der Waals surface area contributed by atoms with Gasteiger partial charge in [-0.15, -0.1) is 0 Å². The molecule has 2 nitrogen and oxygen atoms in total. The van der Waals surface area contributed by atoms with Gasteiger partial charge in [0, 0.05) is 21.2 Å². The first-order chi connectivity index (χ1) is 4.89. The summed E-state index contributed by atoms with van der Waals surface area (Å²) in [6.07, 6.45) is -4.06. The largest absolute Gasteiger partial charge is 0.373 e. The third-order valence-corrected chi connectivity index (χ3v) is 1.07. The summed E-state index contributed by atoms with van der Waals surface area (Å²) in [5.74, 6) is 0. The van der Waals surface area contributed by atoms with Gasteiger partial charge in [-0.1, -0.05) is 0 Å². The van der Waals surface area contributed by atoms with Crippen molar-refractivity contribution in [1.29, 1.82) is 0 Å². The highest BCUT2D eigenvalue weighted by atomic mass is 16.3. The minimum absolute atomic E-state index is 0.394. The molecule has 0 saturated heterocycles. The molecular formula is C5H7NO. The van der Waals surface area contributed by atoms with Gasteiger partial charge in [-0.3, -0.25) is 0 Å². The Kier molecular flexibility index (Phi) is 0.179. The van der Waals surface area contributed by atoms with Crippen LogP contribution in [-0.2, 0) is 0 Å². The van der Waals surface area contributed by atoms with Gasteiger partial charge in [-0.2, -0.15) is 0 Å². The van der Waals surface area contributed by atoms with Gasteiger partial charge < -0.3 is 10.4 Å². The summed E-state index contributed by atoms with van der Waals surface area (Å²) < 4.78 is 28.8. The number of nitrogens with one attached hydrogen (secondary N) is 1. The molecule has 1 aliphatic carbocycles. The molecule has 1 aliphatic heterocycles. The van der Waals surface area contributed by atoms with Gasteiger partial charge >= 0.3 is 0 Å². The minimum Gasteiger partial charge on any atom is -0.373 e. The predicted octanol–water partition coefficient (Wildman–Crippen LogP) is -0.0441. The van der Waals surface area contributed by atoms with Crippen LogP contribution in [0.2, 0.25) is 1.41 Å². The van der Waals surface area contributed by atoms with Crippen LogP contribution in [0.25, 0.3) is 0 Å². The Morgan fingerprint density at radius 3 is 3.43 bits per heavy atom. The van der Waals surface area contributed by atoms with E-state index in [1.807, 2.05) is 0 Å². The molecule has 2 heteroatoms. The molecule has 0 radical (unpaired) electrons. The molecular weight excluding hydrogens is 90.1 g/mol. The molecule has 0 saturated carbocycles. The van der Waals surface area contributed by atoms with Gasteiger partial charge in [0.25, 0.3) is 0 Å². The summed E-state index contributed by atoms with van der Waals surface area (Å²) >= 11 is 0. The molecule has 1 atom stereocenters. The first-order valence-electron chi connectivity index (χ1n) is 4.08. The van der Waals surface area contributed by atoms with Gasteiger partial charge in [0.05, 0.1) is 1.37 Å². The van der Waals surface area contributed by atoms with Crippen molar-refractivity contribution in [2.75, 3.05) is 0 Å². The summed E-state index contributed by atoms with van der Waals surface area (Å²) in [5, 5.41) is 9.72. The Balaban J connectivity index is 2.43. The van der Waals surface area contributed by atoms with Crippen molar-refractivity contribution in [1.82, 2.24) is 5.31 Å². The molecule has 2 rings (SSSR count). The maximum absolute atomic E-state index is 9.18. The van der Waals surface area contributed by atoms with Crippen LogP contribution < -0.4 is 5.31 Å². The monoisotopic (exact) mass is 101 g/mol. The average molecular weight is 101 g/mol. The first kappa shape index (κ1) is 1.49. The molecule has 0 aromatic carbocycles. The summed E-state index contributed by atoms with van der Waals surface area (Å²) in [6.45, 7) is 0. The van der Waals surface area contributed by atoms with E-state index in [1.54, 1.807) is 0 Å². The minimum atomic E-state index is -2.42. The molecule has 2 aliphatic rings. The molecule has 0 amide bonds. The van der Waals surface area contributed by atoms with Crippen molar-refractivity contribution >= 4 is 0 Å². The van der Waals surface area contributed by atoms with Gasteiger partial charge in [0.2, 0.25) is 0 Å². The van der Waals surface area contributed by atoms with E-state index in [4.69, 9.17) is 5.52 Å². The van der Waals surface area contributed by atoms with Crippen LogP contribution in [0, 0.1) is 0 Å². The second kappa shape index (κ2) is 0.842. The number of rotatable bonds is 0. The maximum Gasteiger partial charge on any atom is 0.162 e. The van der Waals surface area contributed by atoms with Crippen LogP contribution in [0.1, 0.15) is 16.9 Å². The normalized spacial score (nSPS) is 62.7. The molecule has 0 fully saturated rings. The van der Waals surface area contributed by atoms with E-state index in [0.717, 1.165) is 0 Å². The zero-order chi connectivity index (χ0) is 8.44. The fourth-order valence-electron chi connectivity index (χ4n) is 0.637. The quantitative estimate of drug-likeness (QED) is 0.448. The second-order valence-corrected chi connectivity index (χ2v) is 1.66. The lowest BCUT2D eigenvalue weighted by Gasteiger charge is -2.04. The van der Waals surface area contributed by atoms with E-state index < -0.39 is 12.6 Å². The molecule has 1 unspecified atom stereocenters. The van der Waals surface area contributed by atoms with Crippen molar-refractivity contribution in [2.45, 2.75) is 19.0 Å². The van der Waals surface area contributed by atoms with Crippen LogP contribution >= 0.6 is 0 Å². The lowest BCUT2D eigenvalue weighted by molar-refractivity contribution is 0.157. The zero-order valence-electron chi connectivity index (χ0n) is 7.60. The van der Waals surface area contributed by atoms with E-state index in [0.29, 0.717) is 23.0 Å². The summed E-state index contributed by atoms with van der Waals surface area (Å²) in [6, 6.07) is 0.